The molecule has 2 saturated carbocycles. The van der Waals surface area contributed by atoms with E-state index in [1.807, 2.05) is 12.1 Å². The summed E-state index contributed by atoms with van der Waals surface area (Å²) < 4.78 is 29.5. The first-order valence-electron chi connectivity index (χ1n) is 7.21. The molecule has 0 bridgehead atoms. The van der Waals surface area contributed by atoms with Crippen molar-refractivity contribution in [3.05, 3.63) is 29.8 Å². The Morgan fingerprint density at radius 1 is 1.29 bits per heavy atom. The van der Waals surface area contributed by atoms with Crippen LogP contribution in [0.15, 0.2) is 29.3 Å². The number of hydrogen-bond acceptors (Lipinski definition) is 2. The van der Waals surface area contributed by atoms with Crippen molar-refractivity contribution < 1.29 is 13.5 Å². The van der Waals surface area contributed by atoms with E-state index in [4.69, 9.17) is 0 Å². The number of halogens is 2. The molecule has 0 amide bonds. The molecule has 0 radical (unpaired) electrons. The minimum Gasteiger partial charge on any atom is -0.435 e. The van der Waals surface area contributed by atoms with Crippen LogP contribution < -0.4 is 15.4 Å². The van der Waals surface area contributed by atoms with E-state index in [9.17, 15) is 8.78 Å². The molecule has 1 aromatic rings. The lowest BCUT2D eigenvalue weighted by atomic mass is 10.1. The summed E-state index contributed by atoms with van der Waals surface area (Å²) in [5.41, 5.74) is 0.831. The van der Waals surface area contributed by atoms with Crippen LogP contribution in [-0.2, 0) is 0 Å². The average Bonchev–Trinajstić information content (AvgIpc) is 3.35. The Morgan fingerprint density at radius 2 is 2.05 bits per heavy atom. The van der Waals surface area contributed by atoms with Gasteiger partial charge in [0.1, 0.15) is 5.75 Å². The predicted octanol–water partition coefficient (Wildman–Crippen LogP) is 2.47. The van der Waals surface area contributed by atoms with Crippen LogP contribution >= 0.6 is 0 Å². The monoisotopic (exact) mass is 295 g/mol. The third-order valence-electron chi connectivity index (χ3n) is 3.79. The van der Waals surface area contributed by atoms with Crippen LogP contribution in [0.25, 0.3) is 0 Å². The third kappa shape index (κ3) is 3.62. The molecule has 2 aliphatic rings. The molecule has 114 valence electrons. The van der Waals surface area contributed by atoms with E-state index in [0.717, 1.165) is 17.9 Å². The summed E-state index contributed by atoms with van der Waals surface area (Å²) in [6, 6.07) is 7.75. The van der Waals surface area contributed by atoms with Gasteiger partial charge in [-0.1, -0.05) is 18.2 Å². The molecule has 0 heterocycles. The zero-order valence-electron chi connectivity index (χ0n) is 11.9. The van der Waals surface area contributed by atoms with Gasteiger partial charge in [0.25, 0.3) is 0 Å². The van der Waals surface area contributed by atoms with Gasteiger partial charge in [-0.15, -0.1) is 0 Å². The second-order valence-corrected chi connectivity index (χ2v) is 5.50. The van der Waals surface area contributed by atoms with Gasteiger partial charge in [0.2, 0.25) is 0 Å². The molecule has 4 nitrogen and oxygen atoms in total. The van der Waals surface area contributed by atoms with E-state index >= 15 is 0 Å². The fraction of sp³-hybridized carbons (Fsp3) is 0.533. The van der Waals surface area contributed by atoms with E-state index < -0.39 is 6.61 Å². The number of nitrogens with zero attached hydrogens (tertiary/aromatic N) is 1. The predicted molar refractivity (Wildman–Crippen MR) is 76.9 cm³/mol. The average molecular weight is 295 g/mol. The highest BCUT2D eigenvalue weighted by atomic mass is 19.3. The quantitative estimate of drug-likeness (QED) is 0.648. The highest BCUT2D eigenvalue weighted by Gasteiger charge is 2.41. The first-order chi connectivity index (χ1) is 10.2. The molecule has 0 aromatic heterocycles. The van der Waals surface area contributed by atoms with Crippen molar-refractivity contribution in [2.45, 2.75) is 43.9 Å². The highest BCUT2D eigenvalue weighted by molar-refractivity contribution is 5.81. The van der Waals surface area contributed by atoms with Crippen molar-refractivity contribution in [2.24, 2.45) is 4.99 Å². The molecule has 0 spiro atoms. The van der Waals surface area contributed by atoms with Gasteiger partial charge in [-0.2, -0.15) is 8.78 Å². The number of ether oxygens (including phenoxy) is 1. The molecule has 0 saturated heterocycles. The molecule has 2 atom stereocenters. The molecule has 2 fully saturated rings. The molecule has 2 aliphatic carbocycles. The van der Waals surface area contributed by atoms with Crippen LogP contribution in [0.5, 0.6) is 5.75 Å². The lowest BCUT2D eigenvalue weighted by Crippen LogP contribution is -2.40. The SMILES string of the molecule is CN=C(NC1CC1)N[C@H]1C[C@@H]1c1ccccc1OC(F)F. The topological polar surface area (TPSA) is 45.7 Å². The molecular weight excluding hydrogens is 276 g/mol. The summed E-state index contributed by atoms with van der Waals surface area (Å²) >= 11 is 0. The fourth-order valence-corrected chi connectivity index (χ4v) is 2.46. The van der Waals surface area contributed by atoms with Crippen molar-refractivity contribution in [3.63, 3.8) is 0 Å². The van der Waals surface area contributed by atoms with Crippen LogP contribution in [0, 0.1) is 0 Å². The third-order valence-corrected chi connectivity index (χ3v) is 3.79. The molecule has 6 heteroatoms. The summed E-state index contributed by atoms with van der Waals surface area (Å²) in [5, 5.41) is 6.66. The van der Waals surface area contributed by atoms with Gasteiger partial charge in [0, 0.05) is 25.0 Å². The molecule has 0 aliphatic heterocycles. The van der Waals surface area contributed by atoms with Gasteiger partial charge >= 0.3 is 6.61 Å². The summed E-state index contributed by atoms with van der Waals surface area (Å²) in [7, 11) is 1.74. The maximum absolute atomic E-state index is 12.4. The normalized spacial score (nSPS) is 24.9. The maximum atomic E-state index is 12.4. The zero-order valence-corrected chi connectivity index (χ0v) is 11.9. The molecule has 0 unspecified atom stereocenters. The van der Waals surface area contributed by atoms with Crippen LogP contribution in [0.4, 0.5) is 8.78 Å². The smallest absolute Gasteiger partial charge is 0.387 e. The Balaban J connectivity index is 1.61. The summed E-state index contributed by atoms with van der Waals surface area (Å²) in [4.78, 5) is 4.19. The number of para-hydroxylation sites is 1. The van der Waals surface area contributed by atoms with Gasteiger partial charge in [-0.05, 0) is 30.9 Å². The first-order valence-corrected chi connectivity index (χ1v) is 7.21. The molecule has 3 rings (SSSR count). The Labute approximate surface area is 122 Å². The lowest BCUT2D eigenvalue weighted by Gasteiger charge is -2.13. The number of nitrogens with one attached hydrogen (secondary N) is 2. The Morgan fingerprint density at radius 3 is 2.71 bits per heavy atom. The maximum Gasteiger partial charge on any atom is 0.387 e. The summed E-state index contributed by atoms with van der Waals surface area (Å²) in [5.74, 6) is 1.25. The summed E-state index contributed by atoms with van der Waals surface area (Å²) in [6.45, 7) is -2.79. The van der Waals surface area contributed by atoms with Crippen molar-refractivity contribution in [1.29, 1.82) is 0 Å². The molecule has 1 aromatic carbocycles. The van der Waals surface area contributed by atoms with Crippen LogP contribution in [0.2, 0.25) is 0 Å². The highest BCUT2D eigenvalue weighted by Crippen LogP contribution is 2.45. The van der Waals surface area contributed by atoms with Gasteiger partial charge in [0.15, 0.2) is 5.96 Å². The van der Waals surface area contributed by atoms with Crippen molar-refractivity contribution in [1.82, 2.24) is 10.6 Å². The minimum absolute atomic E-state index is 0.192. The van der Waals surface area contributed by atoms with Crippen LogP contribution in [-0.4, -0.2) is 31.7 Å². The van der Waals surface area contributed by atoms with Crippen molar-refractivity contribution >= 4 is 5.96 Å². The summed E-state index contributed by atoms with van der Waals surface area (Å²) in [6.07, 6.45) is 3.26. The molecular formula is C15H19F2N3O. The van der Waals surface area contributed by atoms with Crippen molar-refractivity contribution in [2.75, 3.05) is 7.05 Å². The number of rotatable bonds is 5. The van der Waals surface area contributed by atoms with Gasteiger partial charge in [0.05, 0.1) is 0 Å². The number of guanidine groups is 1. The van der Waals surface area contributed by atoms with E-state index in [1.165, 1.54) is 12.8 Å². The van der Waals surface area contributed by atoms with E-state index in [1.54, 1.807) is 19.2 Å². The molecule has 21 heavy (non-hydrogen) atoms. The van der Waals surface area contributed by atoms with E-state index in [0.29, 0.717) is 6.04 Å². The van der Waals surface area contributed by atoms with E-state index in [2.05, 4.69) is 20.4 Å². The zero-order chi connectivity index (χ0) is 14.8. The molecule has 2 N–H and O–H groups in total. The second kappa shape index (κ2) is 5.87. The minimum atomic E-state index is -2.79. The Bertz CT molecular complexity index is 531. The van der Waals surface area contributed by atoms with Crippen molar-refractivity contribution in [3.8, 4) is 5.75 Å². The number of aliphatic imine (C=N–C) groups is 1. The van der Waals surface area contributed by atoms with E-state index in [-0.39, 0.29) is 17.7 Å². The Hall–Kier alpha value is -1.85. The number of hydrogen-bond donors (Lipinski definition) is 2. The standard InChI is InChI=1S/C15H19F2N3O/c1-18-15(19-9-6-7-9)20-12-8-11(12)10-4-2-3-5-13(10)21-14(16)17/h2-5,9,11-12,14H,6-8H2,1H3,(H2,18,19,20)/t11-,12+/m1/s1. The lowest BCUT2D eigenvalue weighted by molar-refractivity contribution is -0.0504. The second-order valence-electron chi connectivity index (χ2n) is 5.50. The fourth-order valence-electron chi connectivity index (χ4n) is 2.46. The van der Waals surface area contributed by atoms with Gasteiger partial charge in [-0.25, -0.2) is 0 Å². The largest absolute Gasteiger partial charge is 0.435 e. The van der Waals surface area contributed by atoms with Gasteiger partial charge in [-0.3, -0.25) is 4.99 Å². The Kier molecular flexibility index (Phi) is 3.94. The van der Waals surface area contributed by atoms with Crippen LogP contribution in [0.1, 0.15) is 30.7 Å². The van der Waals surface area contributed by atoms with Gasteiger partial charge < -0.3 is 15.4 Å². The number of benzene rings is 1. The first kappa shape index (κ1) is 14.1. The van der Waals surface area contributed by atoms with Crippen LogP contribution in [0.3, 0.4) is 0 Å². The number of alkyl halides is 2.